The summed E-state index contributed by atoms with van der Waals surface area (Å²) in [5.74, 6) is -2.04. The largest absolute Gasteiger partial charge is 0.462 e. The summed E-state index contributed by atoms with van der Waals surface area (Å²) in [7, 11) is -4.61. The van der Waals surface area contributed by atoms with Gasteiger partial charge in [0.05, 0.1) is 6.61 Å². The van der Waals surface area contributed by atoms with Crippen LogP contribution in [0.25, 0.3) is 0 Å². The lowest BCUT2D eigenvalue weighted by atomic mass is 10.00. The molecule has 0 spiro atoms. The summed E-state index contributed by atoms with van der Waals surface area (Å²) in [5, 5.41) is 30.9. The second-order valence-electron chi connectivity index (χ2n) is 16.4. The molecule has 4 N–H and O–H groups in total. The number of aliphatic hydroxyl groups is 3. The van der Waals surface area contributed by atoms with E-state index in [1.807, 2.05) is 6.08 Å². The third kappa shape index (κ3) is 31.7. The van der Waals surface area contributed by atoms with Gasteiger partial charge in [0, 0.05) is 12.8 Å². The van der Waals surface area contributed by atoms with Crippen molar-refractivity contribution in [3.8, 4) is 0 Å². The third-order valence-corrected chi connectivity index (χ3v) is 11.4. The van der Waals surface area contributed by atoms with Crippen LogP contribution < -0.4 is 0 Å². The van der Waals surface area contributed by atoms with Crippen LogP contribution in [-0.2, 0) is 38.7 Å². The minimum atomic E-state index is -4.61. The van der Waals surface area contributed by atoms with E-state index in [0.29, 0.717) is 19.3 Å². The van der Waals surface area contributed by atoms with Crippen LogP contribution in [-0.4, -0.2) is 96.0 Å². The molecule has 0 amide bonds. The minimum Gasteiger partial charge on any atom is -0.462 e. The number of rotatable bonds is 39. The molecule has 6 atom stereocenters. The maximum Gasteiger partial charge on any atom is 0.306 e. The van der Waals surface area contributed by atoms with Crippen LogP contribution in [0.15, 0.2) is 36.5 Å². The zero-order chi connectivity index (χ0) is 44.1. The van der Waals surface area contributed by atoms with Gasteiger partial charge >= 0.3 is 11.9 Å². The average molecular weight is 873 g/mol. The highest BCUT2D eigenvalue weighted by atomic mass is 32.2. The first-order chi connectivity index (χ1) is 29.0. The zero-order valence-corrected chi connectivity index (χ0v) is 38.1. The van der Waals surface area contributed by atoms with Crippen LogP contribution in [0.4, 0.5) is 0 Å². The van der Waals surface area contributed by atoms with Gasteiger partial charge in [-0.1, -0.05) is 159 Å². The Kier molecular flexibility index (Phi) is 34.9. The maximum absolute atomic E-state index is 12.8. The Hall–Kier alpha value is -2.13. The molecule has 60 heavy (non-hydrogen) atoms. The molecule has 1 fully saturated rings. The monoisotopic (exact) mass is 873 g/mol. The highest BCUT2D eigenvalue weighted by Crippen LogP contribution is 2.24. The van der Waals surface area contributed by atoms with E-state index in [1.54, 1.807) is 0 Å². The van der Waals surface area contributed by atoms with Crippen LogP contribution in [0.1, 0.15) is 194 Å². The Labute approximate surface area is 363 Å². The molecule has 1 rings (SSSR count). The summed E-state index contributed by atoms with van der Waals surface area (Å²) in [6.45, 7) is 3.70. The molecule has 13 heteroatoms. The number of unbranched alkanes of at least 4 members (excludes halogenated alkanes) is 21. The predicted molar refractivity (Wildman–Crippen MR) is 238 cm³/mol. The number of esters is 2. The molecule has 0 radical (unpaired) electrons. The standard InChI is InChI=1S/C47H84O12S/c1-3-5-7-9-11-13-15-17-19-20-22-24-26-28-30-32-34-36-43(49)58-40(38-57-47-46(52)45(51)44(50)41(59-47)39-60(53,54)55)37-56-42(48)35-33-31-29-27-25-23-21-18-16-14-12-10-8-6-4-2/h10,12,22,24,28,30,40-41,44-47,50-52H,3-9,11,13-21,23,25-27,29,31-39H2,1-2H3,(H,53,54,55)/b12-10+,24-22+,30-28+/t40-,41-,44-,45?,46?,47+/m1/s1. The van der Waals surface area contributed by atoms with E-state index in [2.05, 4.69) is 44.2 Å². The molecule has 1 aliphatic rings. The van der Waals surface area contributed by atoms with Gasteiger partial charge in [-0.25, -0.2) is 0 Å². The van der Waals surface area contributed by atoms with E-state index in [-0.39, 0.29) is 19.4 Å². The van der Waals surface area contributed by atoms with E-state index >= 15 is 0 Å². The van der Waals surface area contributed by atoms with Crippen molar-refractivity contribution in [2.24, 2.45) is 0 Å². The van der Waals surface area contributed by atoms with Gasteiger partial charge in [-0.2, -0.15) is 8.42 Å². The van der Waals surface area contributed by atoms with E-state index < -0.39 is 71.2 Å². The first-order valence-electron chi connectivity index (χ1n) is 23.5. The summed E-state index contributed by atoms with van der Waals surface area (Å²) < 4.78 is 54.0. The Morgan fingerprint density at radius 1 is 0.567 bits per heavy atom. The van der Waals surface area contributed by atoms with Crippen LogP contribution in [0.2, 0.25) is 0 Å². The van der Waals surface area contributed by atoms with Crippen molar-refractivity contribution in [1.29, 1.82) is 0 Å². The topological polar surface area (TPSA) is 186 Å². The lowest BCUT2D eigenvalue weighted by Gasteiger charge is -2.40. The van der Waals surface area contributed by atoms with E-state index in [9.17, 15) is 37.9 Å². The van der Waals surface area contributed by atoms with E-state index in [0.717, 1.165) is 32.1 Å². The molecule has 0 saturated carbocycles. The van der Waals surface area contributed by atoms with Crippen molar-refractivity contribution in [1.82, 2.24) is 0 Å². The van der Waals surface area contributed by atoms with Gasteiger partial charge in [0.2, 0.25) is 0 Å². The highest BCUT2D eigenvalue weighted by Gasteiger charge is 2.46. The van der Waals surface area contributed by atoms with Gasteiger partial charge in [0.15, 0.2) is 12.4 Å². The van der Waals surface area contributed by atoms with Crippen LogP contribution in [0.3, 0.4) is 0 Å². The van der Waals surface area contributed by atoms with Crippen molar-refractivity contribution in [3.05, 3.63) is 36.5 Å². The second kappa shape index (κ2) is 37.4. The summed E-state index contributed by atoms with van der Waals surface area (Å²) >= 11 is 0. The molecular weight excluding hydrogens is 789 g/mol. The summed E-state index contributed by atoms with van der Waals surface area (Å²) in [4.78, 5) is 25.4. The number of allylic oxidation sites excluding steroid dienone is 6. The van der Waals surface area contributed by atoms with Gasteiger partial charge in [0.25, 0.3) is 10.1 Å². The number of carbonyl (C=O) groups is 2. The zero-order valence-electron chi connectivity index (χ0n) is 37.3. The first-order valence-corrected chi connectivity index (χ1v) is 25.2. The molecule has 1 aliphatic heterocycles. The molecule has 0 aliphatic carbocycles. The Bertz CT molecular complexity index is 1250. The van der Waals surface area contributed by atoms with Gasteiger partial charge in [-0.3, -0.25) is 14.1 Å². The number of hydrogen-bond acceptors (Lipinski definition) is 11. The van der Waals surface area contributed by atoms with Gasteiger partial charge < -0.3 is 34.3 Å². The molecule has 0 aromatic carbocycles. The van der Waals surface area contributed by atoms with Crippen molar-refractivity contribution < 1.29 is 56.8 Å². The normalized spacial score (nSPS) is 20.4. The molecular formula is C47H84O12S. The van der Waals surface area contributed by atoms with Gasteiger partial charge in [0.1, 0.15) is 36.8 Å². The summed E-state index contributed by atoms with van der Waals surface area (Å²) in [5.41, 5.74) is 0. The quantitative estimate of drug-likeness (QED) is 0.0199. The maximum atomic E-state index is 12.8. The highest BCUT2D eigenvalue weighted by molar-refractivity contribution is 7.85. The fourth-order valence-corrected chi connectivity index (χ4v) is 7.68. The van der Waals surface area contributed by atoms with Crippen molar-refractivity contribution in [2.45, 2.75) is 230 Å². The molecule has 12 nitrogen and oxygen atoms in total. The molecule has 1 heterocycles. The predicted octanol–water partition coefficient (Wildman–Crippen LogP) is 9.78. The Balaban J connectivity index is 2.46. The van der Waals surface area contributed by atoms with Crippen LogP contribution >= 0.6 is 0 Å². The number of carbonyl (C=O) groups excluding carboxylic acids is 2. The molecule has 350 valence electrons. The Morgan fingerprint density at radius 2 is 1.03 bits per heavy atom. The van der Waals surface area contributed by atoms with Crippen molar-refractivity contribution in [2.75, 3.05) is 19.0 Å². The molecule has 2 unspecified atom stereocenters. The number of aliphatic hydroxyl groups excluding tert-OH is 3. The van der Waals surface area contributed by atoms with Crippen molar-refractivity contribution >= 4 is 22.1 Å². The van der Waals surface area contributed by atoms with Crippen LogP contribution in [0, 0.1) is 0 Å². The smallest absolute Gasteiger partial charge is 0.306 e. The average Bonchev–Trinajstić information content (AvgIpc) is 3.21. The lowest BCUT2D eigenvalue weighted by Crippen LogP contribution is -2.60. The van der Waals surface area contributed by atoms with Crippen molar-refractivity contribution in [3.63, 3.8) is 0 Å². The second-order valence-corrected chi connectivity index (χ2v) is 17.9. The van der Waals surface area contributed by atoms with Gasteiger partial charge in [-0.05, 0) is 57.8 Å². The number of hydrogen-bond donors (Lipinski definition) is 4. The fraction of sp³-hybridized carbons (Fsp3) is 0.830. The van der Waals surface area contributed by atoms with Crippen LogP contribution in [0.5, 0.6) is 0 Å². The van der Waals surface area contributed by atoms with Gasteiger partial charge in [-0.15, -0.1) is 0 Å². The minimum absolute atomic E-state index is 0.101. The SMILES string of the molecule is CCCC/C=C/CCCCCCCCCCCC(=O)OC[C@H](CO[C@H]1O[C@H](CS(=O)(=O)O)[C@@H](O)C(O)C1O)OC(=O)CCC/C=C/C/C=C/CCCCCCCCCCC. The first kappa shape index (κ1) is 55.9. The molecule has 1 saturated heterocycles. The molecule has 0 aromatic rings. The number of ether oxygens (including phenoxy) is 4. The van der Waals surface area contributed by atoms with E-state index in [1.165, 1.54) is 116 Å². The summed E-state index contributed by atoms with van der Waals surface area (Å²) in [6.07, 6.45) is 33.4. The lowest BCUT2D eigenvalue weighted by molar-refractivity contribution is -0.297. The third-order valence-electron chi connectivity index (χ3n) is 10.7. The fourth-order valence-electron chi connectivity index (χ4n) is 6.99. The molecule has 0 aromatic heterocycles. The summed E-state index contributed by atoms with van der Waals surface area (Å²) in [6, 6.07) is 0. The Morgan fingerprint density at radius 3 is 1.58 bits per heavy atom. The van der Waals surface area contributed by atoms with E-state index in [4.69, 9.17) is 18.9 Å². The molecule has 0 bridgehead atoms.